The fourth-order valence-corrected chi connectivity index (χ4v) is 4.13. The van der Waals surface area contributed by atoms with Gasteiger partial charge in [-0.3, -0.25) is 14.4 Å². The quantitative estimate of drug-likeness (QED) is 0.533. The van der Waals surface area contributed by atoms with E-state index in [-0.39, 0.29) is 5.92 Å². The van der Waals surface area contributed by atoms with Crippen LogP contribution < -0.4 is 0 Å². The van der Waals surface area contributed by atoms with Crippen molar-refractivity contribution in [1.29, 1.82) is 0 Å². The van der Waals surface area contributed by atoms with Crippen LogP contribution >= 0.6 is 11.8 Å². The highest BCUT2D eigenvalue weighted by molar-refractivity contribution is 7.98. The fourth-order valence-electron chi connectivity index (χ4n) is 3.72. The molecule has 2 aromatic rings. The predicted molar refractivity (Wildman–Crippen MR) is 108 cm³/mol. The van der Waals surface area contributed by atoms with Gasteiger partial charge in [0.1, 0.15) is 0 Å². The molecule has 26 heavy (non-hydrogen) atoms. The molecule has 1 fully saturated rings. The van der Waals surface area contributed by atoms with E-state index in [0.29, 0.717) is 5.78 Å². The summed E-state index contributed by atoms with van der Waals surface area (Å²) in [5.74, 6) is 0.399. The van der Waals surface area contributed by atoms with E-state index in [1.165, 1.54) is 16.2 Å². The molecule has 0 saturated carbocycles. The number of aryl methyl sites for hydroxylation is 1. The molecule has 1 aromatic heterocycles. The van der Waals surface area contributed by atoms with Crippen LogP contribution in [0.3, 0.4) is 0 Å². The van der Waals surface area contributed by atoms with E-state index < -0.39 is 0 Å². The minimum Gasteiger partial charge on any atom is -0.298 e. The second-order valence-corrected chi connectivity index (χ2v) is 8.03. The maximum absolute atomic E-state index is 12.9. The van der Waals surface area contributed by atoms with Crippen molar-refractivity contribution < 1.29 is 4.79 Å². The molecule has 0 N–H and O–H groups in total. The molecule has 2 heterocycles. The van der Waals surface area contributed by atoms with Gasteiger partial charge in [0.05, 0.1) is 6.20 Å². The third-order valence-corrected chi connectivity index (χ3v) is 6.03. The topological polar surface area (TPSA) is 38.1 Å². The molecule has 0 unspecified atom stereocenters. The molecule has 0 aliphatic carbocycles. The van der Waals surface area contributed by atoms with Crippen molar-refractivity contribution in [3.63, 3.8) is 0 Å². The molecule has 1 saturated heterocycles. The molecule has 0 spiro atoms. The monoisotopic (exact) mass is 371 g/mol. The Kier molecular flexibility index (Phi) is 6.54. The van der Waals surface area contributed by atoms with Crippen molar-refractivity contribution in [2.24, 2.45) is 5.92 Å². The summed E-state index contributed by atoms with van der Waals surface area (Å²) in [5, 5.41) is 4.51. The van der Waals surface area contributed by atoms with Gasteiger partial charge in [0, 0.05) is 47.3 Å². The summed E-state index contributed by atoms with van der Waals surface area (Å²) in [4.78, 5) is 16.5. The summed E-state index contributed by atoms with van der Waals surface area (Å²) in [5.41, 5.74) is 3.39. The van der Waals surface area contributed by atoms with E-state index in [1.54, 1.807) is 11.8 Å². The van der Waals surface area contributed by atoms with Gasteiger partial charge in [0.15, 0.2) is 5.78 Å². The molecular formula is C21H29N3OS. The van der Waals surface area contributed by atoms with E-state index in [4.69, 9.17) is 0 Å². The first-order chi connectivity index (χ1) is 12.6. The number of nitrogens with zero attached hydrogens (tertiary/aromatic N) is 3. The number of likely N-dealkylation sites (tertiary alicyclic amines) is 1. The second kappa shape index (κ2) is 8.87. The highest BCUT2D eigenvalue weighted by atomic mass is 32.2. The Bertz CT molecular complexity index is 738. The minimum absolute atomic E-state index is 0.106. The standard InChI is InChI=1S/C21H29N3OS/c1-4-11-24-16(2)19(13-22-24)15-23-12-5-6-18(14-23)21(25)17-7-9-20(26-3)10-8-17/h7-10,13,18H,4-6,11-12,14-15H2,1-3H3/t18-/m1/s1. The lowest BCUT2D eigenvalue weighted by Crippen LogP contribution is -2.38. The van der Waals surface area contributed by atoms with Gasteiger partial charge in [0.2, 0.25) is 0 Å². The fraction of sp³-hybridized carbons (Fsp3) is 0.524. The number of ketones is 1. The first kappa shape index (κ1) is 19.2. The zero-order chi connectivity index (χ0) is 18.5. The number of rotatable bonds is 7. The third-order valence-electron chi connectivity index (χ3n) is 5.29. The number of carbonyl (C=O) groups excluding carboxylic acids is 1. The van der Waals surface area contributed by atoms with Crippen molar-refractivity contribution in [2.45, 2.75) is 51.1 Å². The molecule has 1 atom stereocenters. The number of thioether (sulfide) groups is 1. The molecule has 0 radical (unpaired) electrons. The van der Waals surface area contributed by atoms with Crippen LogP contribution in [0.1, 0.15) is 47.8 Å². The molecule has 4 nitrogen and oxygen atoms in total. The zero-order valence-corrected chi connectivity index (χ0v) is 16.9. The molecule has 140 valence electrons. The Balaban J connectivity index is 1.64. The van der Waals surface area contributed by atoms with Crippen molar-refractivity contribution in [2.75, 3.05) is 19.3 Å². The number of hydrogen-bond donors (Lipinski definition) is 0. The average Bonchev–Trinajstić information content (AvgIpc) is 3.01. The van der Waals surface area contributed by atoms with Gasteiger partial charge in [-0.1, -0.05) is 19.1 Å². The lowest BCUT2D eigenvalue weighted by Gasteiger charge is -2.32. The van der Waals surface area contributed by atoms with Gasteiger partial charge in [-0.05, 0) is 51.1 Å². The molecule has 3 rings (SSSR count). The average molecular weight is 372 g/mol. The van der Waals surface area contributed by atoms with E-state index in [2.05, 4.69) is 34.8 Å². The van der Waals surface area contributed by atoms with Gasteiger partial charge < -0.3 is 0 Å². The smallest absolute Gasteiger partial charge is 0.167 e. The first-order valence-corrected chi connectivity index (χ1v) is 10.8. The molecule has 0 amide bonds. The van der Waals surface area contributed by atoms with Gasteiger partial charge in [-0.15, -0.1) is 11.8 Å². The summed E-state index contributed by atoms with van der Waals surface area (Å²) < 4.78 is 2.09. The molecule has 5 heteroatoms. The number of aromatic nitrogens is 2. The van der Waals surface area contributed by atoms with E-state index in [1.807, 2.05) is 30.5 Å². The van der Waals surface area contributed by atoms with Crippen LogP contribution in [0.25, 0.3) is 0 Å². The number of hydrogen-bond acceptors (Lipinski definition) is 4. The maximum Gasteiger partial charge on any atom is 0.167 e. The minimum atomic E-state index is 0.106. The van der Waals surface area contributed by atoms with E-state index in [9.17, 15) is 4.79 Å². The Hall–Kier alpha value is -1.59. The van der Waals surface area contributed by atoms with E-state index in [0.717, 1.165) is 51.0 Å². The van der Waals surface area contributed by atoms with Crippen LogP contribution in [-0.4, -0.2) is 39.8 Å². The Morgan fingerprint density at radius 3 is 2.77 bits per heavy atom. The van der Waals surface area contributed by atoms with Crippen LogP contribution in [0.4, 0.5) is 0 Å². The normalized spacial score (nSPS) is 18.2. The van der Waals surface area contributed by atoms with Crippen LogP contribution in [-0.2, 0) is 13.1 Å². The second-order valence-electron chi connectivity index (χ2n) is 7.15. The number of piperidine rings is 1. The SMILES string of the molecule is CCCn1ncc(CN2CCC[C@@H](C(=O)c3ccc(SC)cc3)C2)c1C. The molecule has 1 aliphatic rings. The lowest BCUT2D eigenvalue weighted by molar-refractivity contribution is 0.0811. The van der Waals surface area contributed by atoms with Crippen LogP contribution in [0, 0.1) is 12.8 Å². The van der Waals surface area contributed by atoms with Gasteiger partial charge >= 0.3 is 0 Å². The highest BCUT2D eigenvalue weighted by Gasteiger charge is 2.27. The van der Waals surface area contributed by atoms with Crippen LogP contribution in [0.2, 0.25) is 0 Å². The predicted octanol–water partition coefficient (Wildman–Crippen LogP) is 4.42. The maximum atomic E-state index is 12.9. The summed E-state index contributed by atoms with van der Waals surface area (Å²) in [6.45, 7) is 8.10. The van der Waals surface area contributed by atoms with Gasteiger partial charge in [-0.25, -0.2) is 0 Å². The number of carbonyl (C=O) groups is 1. The molecule has 0 bridgehead atoms. The summed E-state index contributed by atoms with van der Waals surface area (Å²) in [6, 6.07) is 8.05. The Morgan fingerprint density at radius 2 is 2.08 bits per heavy atom. The van der Waals surface area contributed by atoms with Crippen LogP contribution in [0.5, 0.6) is 0 Å². The Morgan fingerprint density at radius 1 is 1.31 bits per heavy atom. The van der Waals surface area contributed by atoms with Gasteiger partial charge in [-0.2, -0.15) is 5.10 Å². The van der Waals surface area contributed by atoms with Crippen molar-refractivity contribution in [3.05, 3.63) is 47.3 Å². The van der Waals surface area contributed by atoms with Gasteiger partial charge in [0.25, 0.3) is 0 Å². The largest absolute Gasteiger partial charge is 0.298 e. The van der Waals surface area contributed by atoms with Crippen molar-refractivity contribution in [1.82, 2.24) is 14.7 Å². The van der Waals surface area contributed by atoms with Crippen LogP contribution in [0.15, 0.2) is 35.4 Å². The highest BCUT2D eigenvalue weighted by Crippen LogP contribution is 2.24. The van der Waals surface area contributed by atoms with E-state index >= 15 is 0 Å². The zero-order valence-electron chi connectivity index (χ0n) is 16.1. The number of Topliss-reactive ketones (excluding diaryl/α,β-unsaturated/α-hetero) is 1. The molecule has 1 aliphatic heterocycles. The van der Waals surface area contributed by atoms with Crippen molar-refractivity contribution in [3.8, 4) is 0 Å². The lowest BCUT2D eigenvalue weighted by atomic mass is 9.90. The summed E-state index contributed by atoms with van der Waals surface area (Å²) in [7, 11) is 0. The summed E-state index contributed by atoms with van der Waals surface area (Å²) in [6.07, 6.45) is 7.23. The number of benzene rings is 1. The third kappa shape index (κ3) is 4.38. The molecule has 1 aromatic carbocycles. The summed E-state index contributed by atoms with van der Waals surface area (Å²) >= 11 is 1.71. The molecular weight excluding hydrogens is 342 g/mol. The first-order valence-electron chi connectivity index (χ1n) is 9.54. The Labute approximate surface area is 161 Å². The van der Waals surface area contributed by atoms with Crippen molar-refractivity contribution >= 4 is 17.5 Å².